The predicted octanol–water partition coefficient (Wildman–Crippen LogP) is 3.50. The maximum Gasteiger partial charge on any atom is 0.115 e. The number of thiazole rings is 1. The first-order valence-corrected chi connectivity index (χ1v) is 8.76. The summed E-state index contributed by atoms with van der Waals surface area (Å²) in [5.74, 6) is 0. The molecule has 0 aliphatic heterocycles. The number of rotatable bonds is 5. The fourth-order valence-electron chi connectivity index (χ4n) is 2.83. The van der Waals surface area contributed by atoms with Crippen LogP contribution in [-0.2, 0) is 12.8 Å². The average Bonchev–Trinajstić information content (AvgIpc) is 3.11. The van der Waals surface area contributed by atoms with E-state index in [1.54, 1.807) is 0 Å². The van der Waals surface area contributed by atoms with E-state index >= 15 is 0 Å². The van der Waals surface area contributed by atoms with Crippen molar-refractivity contribution in [1.82, 2.24) is 20.1 Å². The second kappa shape index (κ2) is 6.28. The van der Waals surface area contributed by atoms with Crippen LogP contribution in [0.3, 0.4) is 0 Å². The molecule has 1 atom stereocenters. The van der Waals surface area contributed by atoms with Crippen LogP contribution in [0, 0.1) is 0 Å². The van der Waals surface area contributed by atoms with Gasteiger partial charge in [0.2, 0.25) is 0 Å². The van der Waals surface area contributed by atoms with Crippen LogP contribution in [-0.4, -0.2) is 21.3 Å². The number of fused-ring (bicyclic) bond motifs is 1. The molecule has 2 heterocycles. The van der Waals surface area contributed by atoms with Crippen molar-refractivity contribution in [2.75, 3.05) is 6.54 Å². The van der Waals surface area contributed by atoms with Gasteiger partial charge in [-0.15, -0.1) is 11.3 Å². The van der Waals surface area contributed by atoms with Crippen LogP contribution in [0.1, 0.15) is 66.8 Å². The van der Waals surface area contributed by atoms with Crippen molar-refractivity contribution in [3.8, 4) is 0 Å². The lowest BCUT2D eigenvalue weighted by Gasteiger charge is -2.13. The van der Waals surface area contributed by atoms with Crippen LogP contribution in [0.15, 0.2) is 12.4 Å². The monoisotopic (exact) mass is 304 g/mol. The molecule has 0 saturated heterocycles. The Hall–Kier alpha value is -1.20. The zero-order chi connectivity index (χ0) is 14.8. The summed E-state index contributed by atoms with van der Waals surface area (Å²) in [7, 11) is 0. The Bertz CT molecular complexity index is 576. The van der Waals surface area contributed by atoms with Crippen LogP contribution in [0.4, 0.5) is 0 Å². The summed E-state index contributed by atoms with van der Waals surface area (Å²) in [5.41, 5.74) is 2.55. The summed E-state index contributed by atoms with van der Waals surface area (Å²) in [4.78, 5) is 6.41. The topological polar surface area (TPSA) is 42.7 Å². The molecule has 0 amide bonds. The lowest BCUT2D eigenvalue weighted by atomic mass is 10.0. The summed E-state index contributed by atoms with van der Waals surface area (Å²) in [6.07, 6.45) is 9.08. The van der Waals surface area contributed by atoms with Gasteiger partial charge in [0.15, 0.2) is 0 Å². The number of hydrogen-bond donors (Lipinski definition) is 1. The third-order valence-corrected chi connectivity index (χ3v) is 5.22. The minimum atomic E-state index is 0.179. The van der Waals surface area contributed by atoms with E-state index in [0.29, 0.717) is 6.04 Å². The molecule has 5 heteroatoms. The molecule has 2 aromatic heterocycles. The third kappa shape index (κ3) is 3.04. The lowest BCUT2D eigenvalue weighted by molar-refractivity contribution is 0.530. The summed E-state index contributed by atoms with van der Waals surface area (Å²) in [6, 6.07) is 0.573. The molecule has 0 saturated carbocycles. The second-order valence-electron chi connectivity index (χ2n) is 5.97. The van der Waals surface area contributed by atoms with Crippen LogP contribution in [0.5, 0.6) is 0 Å². The first-order chi connectivity index (χ1) is 10.2. The van der Waals surface area contributed by atoms with Gasteiger partial charge in [0, 0.05) is 22.7 Å². The van der Waals surface area contributed by atoms with Gasteiger partial charge in [0.25, 0.3) is 0 Å². The van der Waals surface area contributed by atoms with Gasteiger partial charge in [-0.2, -0.15) is 5.10 Å². The first-order valence-electron chi connectivity index (χ1n) is 7.95. The van der Waals surface area contributed by atoms with E-state index in [0.717, 1.165) is 13.0 Å². The average molecular weight is 304 g/mol. The minimum absolute atomic E-state index is 0.179. The standard InChI is InChI=1S/C16H24N4S/c1-4-17-15(12-9-18-20(10-12)11(2)3)16-19-13-7-5-6-8-14(13)21-16/h9-11,15,17H,4-8H2,1-3H3. The molecular weight excluding hydrogens is 280 g/mol. The van der Waals surface area contributed by atoms with E-state index in [-0.39, 0.29) is 6.04 Å². The van der Waals surface area contributed by atoms with Crippen LogP contribution in [0.2, 0.25) is 0 Å². The fraction of sp³-hybridized carbons (Fsp3) is 0.625. The quantitative estimate of drug-likeness (QED) is 0.919. The molecular formula is C16H24N4S. The van der Waals surface area contributed by atoms with Gasteiger partial charge < -0.3 is 5.32 Å². The largest absolute Gasteiger partial charge is 0.304 e. The molecule has 2 aromatic rings. The molecule has 0 bridgehead atoms. The Morgan fingerprint density at radius 2 is 2.14 bits per heavy atom. The Kier molecular flexibility index (Phi) is 4.40. The Labute approximate surface area is 130 Å². The smallest absolute Gasteiger partial charge is 0.115 e. The summed E-state index contributed by atoms with van der Waals surface area (Å²) in [5, 5.41) is 9.25. The van der Waals surface area contributed by atoms with E-state index in [1.807, 2.05) is 22.2 Å². The van der Waals surface area contributed by atoms with Crippen LogP contribution in [0.25, 0.3) is 0 Å². The molecule has 1 N–H and O–H groups in total. The van der Waals surface area contributed by atoms with Gasteiger partial charge in [-0.1, -0.05) is 6.92 Å². The molecule has 1 aliphatic rings. The van der Waals surface area contributed by atoms with Gasteiger partial charge >= 0.3 is 0 Å². The summed E-state index contributed by atoms with van der Waals surface area (Å²) in [6.45, 7) is 7.39. The van der Waals surface area contributed by atoms with Crippen LogP contribution < -0.4 is 5.32 Å². The van der Waals surface area contributed by atoms with Crippen molar-refractivity contribution < 1.29 is 0 Å². The molecule has 21 heavy (non-hydrogen) atoms. The van der Waals surface area contributed by atoms with Crippen molar-refractivity contribution in [3.63, 3.8) is 0 Å². The normalized spacial score (nSPS) is 16.2. The number of nitrogens with zero attached hydrogens (tertiary/aromatic N) is 3. The molecule has 0 spiro atoms. The Morgan fingerprint density at radius 1 is 1.33 bits per heavy atom. The molecule has 1 aliphatic carbocycles. The SMILES string of the molecule is CCNC(c1cnn(C(C)C)c1)c1nc2c(s1)CCCC2. The fourth-order valence-corrected chi connectivity index (χ4v) is 4.09. The highest BCUT2D eigenvalue weighted by Crippen LogP contribution is 2.32. The van der Waals surface area contributed by atoms with E-state index in [4.69, 9.17) is 4.98 Å². The van der Waals surface area contributed by atoms with Gasteiger partial charge in [-0.3, -0.25) is 4.68 Å². The van der Waals surface area contributed by atoms with Gasteiger partial charge in [-0.05, 0) is 46.1 Å². The highest BCUT2D eigenvalue weighted by molar-refractivity contribution is 7.11. The molecule has 0 aromatic carbocycles. The minimum Gasteiger partial charge on any atom is -0.304 e. The zero-order valence-electron chi connectivity index (χ0n) is 13.1. The first kappa shape index (κ1) is 14.7. The van der Waals surface area contributed by atoms with E-state index in [2.05, 4.69) is 37.4 Å². The number of aryl methyl sites for hydroxylation is 2. The number of nitrogens with one attached hydrogen (secondary N) is 1. The van der Waals surface area contributed by atoms with E-state index < -0.39 is 0 Å². The predicted molar refractivity (Wildman–Crippen MR) is 86.9 cm³/mol. The van der Waals surface area contributed by atoms with E-state index in [1.165, 1.54) is 40.4 Å². The molecule has 3 rings (SSSR count). The maximum absolute atomic E-state index is 4.92. The number of aromatic nitrogens is 3. The van der Waals surface area contributed by atoms with Gasteiger partial charge in [0.05, 0.1) is 17.9 Å². The van der Waals surface area contributed by atoms with Gasteiger partial charge in [0.1, 0.15) is 5.01 Å². The Balaban J connectivity index is 1.91. The molecule has 4 nitrogen and oxygen atoms in total. The maximum atomic E-state index is 4.92. The number of hydrogen-bond acceptors (Lipinski definition) is 4. The van der Waals surface area contributed by atoms with Crippen molar-refractivity contribution >= 4 is 11.3 Å². The van der Waals surface area contributed by atoms with Crippen molar-refractivity contribution in [2.24, 2.45) is 0 Å². The van der Waals surface area contributed by atoms with Crippen LogP contribution >= 0.6 is 11.3 Å². The third-order valence-electron chi connectivity index (χ3n) is 4.00. The molecule has 1 unspecified atom stereocenters. The molecule has 0 fully saturated rings. The zero-order valence-corrected chi connectivity index (χ0v) is 13.9. The molecule has 0 radical (unpaired) electrons. The van der Waals surface area contributed by atoms with Gasteiger partial charge in [-0.25, -0.2) is 4.98 Å². The highest BCUT2D eigenvalue weighted by Gasteiger charge is 2.23. The molecule has 114 valence electrons. The highest BCUT2D eigenvalue weighted by atomic mass is 32.1. The van der Waals surface area contributed by atoms with Crippen molar-refractivity contribution in [3.05, 3.63) is 33.5 Å². The Morgan fingerprint density at radius 3 is 2.81 bits per heavy atom. The summed E-state index contributed by atoms with van der Waals surface area (Å²) >= 11 is 1.89. The summed E-state index contributed by atoms with van der Waals surface area (Å²) < 4.78 is 2.02. The van der Waals surface area contributed by atoms with E-state index in [9.17, 15) is 0 Å². The van der Waals surface area contributed by atoms with Crippen molar-refractivity contribution in [1.29, 1.82) is 0 Å². The van der Waals surface area contributed by atoms with Crippen molar-refractivity contribution in [2.45, 2.75) is 58.5 Å². The lowest BCUT2D eigenvalue weighted by Crippen LogP contribution is -2.21. The second-order valence-corrected chi connectivity index (χ2v) is 7.08.